The van der Waals surface area contributed by atoms with Crippen molar-refractivity contribution >= 4 is 29.1 Å². The molecule has 0 fully saturated rings. The van der Waals surface area contributed by atoms with E-state index < -0.39 is 5.82 Å². The van der Waals surface area contributed by atoms with Gasteiger partial charge in [-0.05, 0) is 29.8 Å². The van der Waals surface area contributed by atoms with Crippen LogP contribution in [-0.4, -0.2) is 18.4 Å². The summed E-state index contributed by atoms with van der Waals surface area (Å²) in [6.07, 6.45) is 0.0848. The lowest BCUT2D eigenvalue weighted by molar-refractivity contribution is -0.121. The van der Waals surface area contributed by atoms with E-state index in [1.807, 2.05) is 12.1 Å². The second kappa shape index (κ2) is 8.45. The molecule has 4 nitrogen and oxygen atoms in total. The average Bonchev–Trinajstić information content (AvgIpc) is 2.56. The fraction of sp³-hybridized carbons (Fsp3) is 0.222. The highest BCUT2D eigenvalue weighted by Crippen LogP contribution is 2.19. The molecule has 6 heteroatoms. The molecule has 0 aliphatic heterocycles. The Bertz CT molecular complexity index is 719. The fourth-order valence-corrected chi connectivity index (χ4v) is 2.35. The maximum atomic E-state index is 13.8. The molecular weight excluding hydrogens is 331 g/mol. The Morgan fingerprint density at radius 2 is 1.79 bits per heavy atom. The van der Waals surface area contributed by atoms with Crippen molar-refractivity contribution in [2.24, 2.45) is 0 Å². The number of hydrogen-bond donors (Lipinski definition) is 1. The van der Waals surface area contributed by atoms with Crippen molar-refractivity contribution in [1.82, 2.24) is 5.32 Å². The molecule has 24 heavy (non-hydrogen) atoms. The zero-order chi connectivity index (χ0) is 17.5. The number of nitrogens with one attached hydrogen (secondary N) is 1. The third-order valence-electron chi connectivity index (χ3n) is 3.49. The van der Waals surface area contributed by atoms with Crippen molar-refractivity contribution < 1.29 is 14.0 Å². The molecule has 2 aromatic rings. The first-order chi connectivity index (χ1) is 11.5. The van der Waals surface area contributed by atoms with Crippen LogP contribution in [0.5, 0.6) is 0 Å². The average molecular weight is 349 g/mol. The summed E-state index contributed by atoms with van der Waals surface area (Å²) in [5, 5.41) is 3.40. The number of benzene rings is 2. The van der Waals surface area contributed by atoms with Crippen molar-refractivity contribution in [3.63, 3.8) is 0 Å². The summed E-state index contributed by atoms with van der Waals surface area (Å²) in [5.74, 6) is -1.02. The van der Waals surface area contributed by atoms with Gasteiger partial charge in [-0.15, -0.1) is 0 Å². The van der Waals surface area contributed by atoms with E-state index in [4.69, 9.17) is 11.6 Å². The molecule has 0 aliphatic carbocycles. The van der Waals surface area contributed by atoms with E-state index >= 15 is 0 Å². The van der Waals surface area contributed by atoms with Crippen molar-refractivity contribution in [2.45, 2.75) is 19.9 Å². The van der Waals surface area contributed by atoms with E-state index in [1.165, 1.54) is 24.0 Å². The molecule has 0 saturated carbocycles. The number of rotatable bonds is 6. The third-order valence-corrected chi connectivity index (χ3v) is 3.74. The molecule has 0 radical (unpaired) electrons. The molecule has 0 aliphatic rings. The first kappa shape index (κ1) is 17.9. The van der Waals surface area contributed by atoms with Crippen LogP contribution in [0.25, 0.3) is 0 Å². The molecule has 1 N–H and O–H groups in total. The molecule has 2 amide bonds. The molecule has 0 saturated heterocycles. The lowest BCUT2D eigenvalue weighted by Gasteiger charge is -2.21. The van der Waals surface area contributed by atoms with Gasteiger partial charge in [0.2, 0.25) is 11.8 Å². The molecule has 126 valence electrons. The van der Waals surface area contributed by atoms with E-state index in [1.54, 1.807) is 24.3 Å². The second-order valence-electron chi connectivity index (χ2n) is 5.28. The number of amides is 2. The lowest BCUT2D eigenvalue weighted by Crippen LogP contribution is -2.34. The van der Waals surface area contributed by atoms with Crippen LogP contribution in [0.15, 0.2) is 48.5 Å². The lowest BCUT2D eigenvalue weighted by atomic mass is 10.2. The van der Waals surface area contributed by atoms with Crippen LogP contribution in [0.4, 0.5) is 10.1 Å². The summed E-state index contributed by atoms with van der Waals surface area (Å²) in [4.78, 5) is 25.0. The quantitative estimate of drug-likeness (QED) is 0.868. The highest BCUT2D eigenvalue weighted by molar-refractivity contribution is 6.30. The van der Waals surface area contributed by atoms with Crippen LogP contribution < -0.4 is 10.2 Å². The smallest absolute Gasteiger partial charge is 0.223 e. The summed E-state index contributed by atoms with van der Waals surface area (Å²) in [6.45, 7) is 1.83. The van der Waals surface area contributed by atoms with E-state index in [9.17, 15) is 14.0 Å². The van der Waals surface area contributed by atoms with Gasteiger partial charge in [-0.3, -0.25) is 9.59 Å². The topological polar surface area (TPSA) is 49.4 Å². The SMILES string of the molecule is CC(=O)N(CCC(=O)NCc1ccc(Cl)cc1)c1ccccc1F. The summed E-state index contributed by atoms with van der Waals surface area (Å²) in [7, 11) is 0. The summed E-state index contributed by atoms with van der Waals surface area (Å²) < 4.78 is 13.8. The molecule has 2 aromatic carbocycles. The standard InChI is InChI=1S/C18H18ClFN2O2/c1-13(23)22(17-5-3-2-4-16(17)20)11-10-18(24)21-12-14-6-8-15(19)9-7-14/h2-9H,10-12H2,1H3,(H,21,24). The zero-order valence-corrected chi connectivity index (χ0v) is 14.0. The molecule has 0 bridgehead atoms. The van der Waals surface area contributed by atoms with Gasteiger partial charge in [0.05, 0.1) is 5.69 Å². The number of para-hydroxylation sites is 1. The van der Waals surface area contributed by atoms with Crippen LogP contribution >= 0.6 is 11.6 Å². The molecule has 0 heterocycles. The minimum absolute atomic E-state index is 0.0848. The second-order valence-corrected chi connectivity index (χ2v) is 5.71. The van der Waals surface area contributed by atoms with Crippen LogP contribution in [0.3, 0.4) is 0 Å². The normalized spacial score (nSPS) is 10.3. The van der Waals surface area contributed by atoms with Crippen molar-refractivity contribution in [3.8, 4) is 0 Å². The molecular formula is C18H18ClFN2O2. The Morgan fingerprint density at radius 1 is 1.12 bits per heavy atom. The van der Waals surface area contributed by atoms with E-state index in [0.717, 1.165) is 5.56 Å². The number of carbonyl (C=O) groups excluding carboxylic acids is 2. The van der Waals surface area contributed by atoms with E-state index in [0.29, 0.717) is 11.6 Å². The van der Waals surface area contributed by atoms with Gasteiger partial charge in [0.25, 0.3) is 0 Å². The van der Waals surface area contributed by atoms with Gasteiger partial charge in [-0.25, -0.2) is 4.39 Å². The first-order valence-corrected chi connectivity index (χ1v) is 7.89. The zero-order valence-electron chi connectivity index (χ0n) is 13.3. The highest BCUT2D eigenvalue weighted by Gasteiger charge is 2.16. The molecule has 0 atom stereocenters. The molecule has 0 aromatic heterocycles. The molecule has 2 rings (SSSR count). The number of carbonyl (C=O) groups is 2. The van der Waals surface area contributed by atoms with Gasteiger partial charge in [0, 0.05) is 31.5 Å². The fourth-order valence-electron chi connectivity index (χ4n) is 2.22. The Hall–Kier alpha value is -2.40. The third kappa shape index (κ3) is 5.06. The van der Waals surface area contributed by atoms with Gasteiger partial charge in [-0.1, -0.05) is 35.9 Å². The maximum Gasteiger partial charge on any atom is 0.223 e. The van der Waals surface area contributed by atoms with Gasteiger partial charge in [0.1, 0.15) is 5.82 Å². The molecule has 0 spiro atoms. The Labute approximate surface area is 145 Å². The monoisotopic (exact) mass is 348 g/mol. The Kier molecular flexibility index (Phi) is 6.32. The Balaban J connectivity index is 1.90. The van der Waals surface area contributed by atoms with Crippen LogP contribution in [0.1, 0.15) is 18.9 Å². The van der Waals surface area contributed by atoms with Crippen molar-refractivity contribution in [2.75, 3.05) is 11.4 Å². The summed E-state index contributed by atoms with van der Waals surface area (Å²) in [6, 6.07) is 13.1. The van der Waals surface area contributed by atoms with Crippen molar-refractivity contribution in [1.29, 1.82) is 0 Å². The van der Waals surface area contributed by atoms with Gasteiger partial charge < -0.3 is 10.2 Å². The first-order valence-electron chi connectivity index (χ1n) is 7.51. The molecule has 0 unspecified atom stereocenters. The predicted molar refractivity (Wildman–Crippen MR) is 92.3 cm³/mol. The van der Waals surface area contributed by atoms with Gasteiger partial charge in [-0.2, -0.15) is 0 Å². The van der Waals surface area contributed by atoms with Crippen LogP contribution in [-0.2, 0) is 16.1 Å². The van der Waals surface area contributed by atoms with Crippen LogP contribution in [0, 0.1) is 5.82 Å². The number of hydrogen-bond acceptors (Lipinski definition) is 2. The maximum absolute atomic E-state index is 13.8. The number of halogens is 2. The Morgan fingerprint density at radius 3 is 2.42 bits per heavy atom. The van der Waals surface area contributed by atoms with Gasteiger partial charge >= 0.3 is 0 Å². The highest BCUT2D eigenvalue weighted by atomic mass is 35.5. The van der Waals surface area contributed by atoms with Gasteiger partial charge in [0.15, 0.2) is 0 Å². The van der Waals surface area contributed by atoms with Crippen LogP contribution in [0.2, 0.25) is 5.02 Å². The largest absolute Gasteiger partial charge is 0.352 e. The van der Waals surface area contributed by atoms with Crippen molar-refractivity contribution in [3.05, 3.63) is 64.9 Å². The van der Waals surface area contributed by atoms with E-state index in [-0.39, 0.29) is 30.5 Å². The minimum atomic E-state index is -0.491. The summed E-state index contributed by atoms with van der Waals surface area (Å²) in [5.41, 5.74) is 1.10. The number of anilines is 1. The predicted octanol–water partition coefficient (Wildman–Crippen LogP) is 3.54. The van der Waals surface area contributed by atoms with E-state index in [2.05, 4.69) is 5.32 Å². The number of nitrogens with zero attached hydrogens (tertiary/aromatic N) is 1. The summed E-state index contributed by atoms with van der Waals surface area (Å²) >= 11 is 5.80. The minimum Gasteiger partial charge on any atom is -0.352 e.